The highest BCUT2D eigenvalue weighted by atomic mass is 16.2. The first kappa shape index (κ1) is 17.2. The van der Waals surface area contributed by atoms with Crippen molar-refractivity contribution in [3.05, 3.63) is 66.0 Å². The Labute approximate surface area is 138 Å². The third-order valence-electron chi connectivity index (χ3n) is 3.96. The molecule has 1 amide bonds. The number of pyridine rings is 1. The molecule has 2 N–H and O–H groups in total. The summed E-state index contributed by atoms with van der Waals surface area (Å²) in [6, 6.07) is 15.9. The van der Waals surface area contributed by atoms with Crippen molar-refractivity contribution >= 4 is 5.91 Å². The van der Waals surface area contributed by atoms with E-state index in [0.29, 0.717) is 13.0 Å². The zero-order valence-electron chi connectivity index (χ0n) is 14.0. The Hall–Kier alpha value is -2.20. The molecule has 4 nitrogen and oxygen atoms in total. The standard InChI is InChI=1S/C19H25N3O/c1-19(2,13-15-9-5-4-6-10-15)18(23)22-14-17(20-3)16-11-7-8-12-21-16/h4-12,17,20H,13-14H2,1-3H3,(H,22,23). The zero-order valence-corrected chi connectivity index (χ0v) is 14.0. The molecule has 0 fully saturated rings. The summed E-state index contributed by atoms with van der Waals surface area (Å²) in [6.07, 6.45) is 2.48. The first-order chi connectivity index (χ1) is 11.0. The smallest absolute Gasteiger partial charge is 0.226 e. The summed E-state index contributed by atoms with van der Waals surface area (Å²) in [5.74, 6) is 0.0533. The predicted molar refractivity (Wildman–Crippen MR) is 93.0 cm³/mol. The molecule has 23 heavy (non-hydrogen) atoms. The summed E-state index contributed by atoms with van der Waals surface area (Å²) in [4.78, 5) is 16.9. The van der Waals surface area contributed by atoms with Gasteiger partial charge in [-0.2, -0.15) is 0 Å². The van der Waals surface area contributed by atoms with Crippen molar-refractivity contribution in [3.8, 4) is 0 Å². The molecule has 1 aromatic carbocycles. The molecule has 0 saturated carbocycles. The fourth-order valence-corrected chi connectivity index (χ4v) is 2.56. The molecule has 0 aliphatic heterocycles. The highest BCUT2D eigenvalue weighted by molar-refractivity contribution is 5.82. The number of amides is 1. The van der Waals surface area contributed by atoms with Crippen LogP contribution in [-0.4, -0.2) is 24.5 Å². The van der Waals surface area contributed by atoms with Crippen molar-refractivity contribution in [2.24, 2.45) is 5.41 Å². The van der Waals surface area contributed by atoms with E-state index in [1.807, 2.05) is 57.3 Å². The Kier molecular flexibility index (Phi) is 5.88. The van der Waals surface area contributed by atoms with Gasteiger partial charge in [0.1, 0.15) is 0 Å². The maximum Gasteiger partial charge on any atom is 0.226 e. The second-order valence-electron chi connectivity index (χ2n) is 6.35. The van der Waals surface area contributed by atoms with Crippen LogP contribution in [-0.2, 0) is 11.2 Å². The number of rotatable bonds is 7. The van der Waals surface area contributed by atoms with Crippen LogP contribution in [0.5, 0.6) is 0 Å². The summed E-state index contributed by atoms with van der Waals surface area (Å²) in [6.45, 7) is 4.47. The van der Waals surface area contributed by atoms with Crippen LogP contribution in [0, 0.1) is 5.41 Å². The third-order valence-corrected chi connectivity index (χ3v) is 3.96. The van der Waals surface area contributed by atoms with Gasteiger partial charge in [-0.15, -0.1) is 0 Å². The maximum atomic E-state index is 12.6. The van der Waals surface area contributed by atoms with Gasteiger partial charge in [0.05, 0.1) is 11.7 Å². The Bertz CT molecular complexity index is 611. The second-order valence-corrected chi connectivity index (χ2v) is 6.35. The van der Waals surface area contributed by atoms with Crippen molar-refractivity contribution in [2.75, 3.05) is 13.6 Å². The van der Waals surface area contributed by atoms with E-state index in [2.05, 4.69) is 27.8 Å². The Morgan fingerprint density at radius 1 is 1.13 bits per heavy atom. The number of carbonyl (C=O) groups is 1. The van der Waals surface area contributed by atoms with E-state index < -0.39 is 5.41 Å². The molecular formula is C19H25N3O. The van der Waals surface area contributed by atoms with Gasteiger partial charge < -0.3 is 10.6 Å². The number of hydrogen-bond donors (Lipinski definition) is 2. The molecule has 1 unspecified atom stereocenters. The highest BCUT2D eigenvalue weighted by Crippen LogP contribution is 2.22. The fraction of sp³-hybridized carbons (Fsp3) is 0.368. The molecule has 2 rings (SSSR count). The molecule has 1 heterocycles. The van der Waals surface area contributed by atoms with Crippen LogP contribution in [0.4, 0.5) is 0 Å². The molecular weight excluding hydrogens is 286 g/mol. The first-order valence-electron chi connectivity index (χ1n) is 7.93. The van der Waals surface area contributed by atoms with E-state index in [0.717, 1.165) is 5.69 Å². The van der Waals surface area contributed by atoms with Gasteiger partial charge in [0.25, 0.3) is 0 Å². The van der Waals surface area contributed by atoms with Crippen molar-refractivity contribution in [3.63, 3.8) is 0 Å². The molecule has 0 aliphatic carbocycles. The fourth-order valence-electron chi connectivity index (χ4n) is 2.56. The molecule has 2 aromatic rings. The van der Waals surface area contributed by atoms with Gasteiger partial charge in [-0.1, -0.05) is 50.2 Å². The molecule has 0 bridgehead atoms. The van der Waals surface area contributed by atoms with Gasteiger partial charge in [0.15, 0.2) is 0 Å². The number of carbonyl (C=O) groups excluding carboxylic acids is 1. The summed E-state index contributed by atoms with van der Waals surface area (Å²) >= 11 is 0. The summed E-state index contributed by atoms with van der Waals surface area (Å²) in [5.41, 5.74) is 1.64. The van der Waals surface area contributed by atoms with Gasteiger partial charge in [0, 0.05) is 18.2 Å². The monoisotopic (exact) mass is 311 g/mol. The molecule has 0 spiro atoms. The van der Waals surface area contributed by atoms with E-state index in [1.54, 1.807) is 6.20 Å². The molecule has 122 valence electrons. The SMILES string of the molecule is CNC(CNC(=O)C(C)(C)Cc1ccccc1)c1ccccn1. The maximum absolute atomic E-state index is 12.6. The lowest BCUT2D eigenvalue weighted by molar-refractivity contribution is -0.129. The molecule has 4 heteroatoms. The van der Waals surface area contributed by atoms with Crippen LogP contribution in [0.1, 0.15) is 31.1 Å². The van der Waals surface area contributed by atoms with Crippen LogP contribution >= 0.6 is 0 Å². The van der Waals surface area contributed by atoms with Crippen molar-refractivity contribution in [1.82, 2.24) is 15.6 Å². The van der Waals surface area contributed by atoms with Crippen molar-refractivity contribution < 1.29 is 4.79 Å². The number of nitrogens with zero attached hydrogens (tertiary/aromatic N) is 1. The number of hydrogen-bond acceptors (Lipinski definition) is 3. The van der Waals surface area contributed by atoms with E-state index in [-0.39, 0.29) is 11.9 Å². The van der Waals surface area contributed by atoms with Gasteiger partial charge in [0.2, 0.25) is 5.91 Å². The van der Waals surface area contributed by atoms with Gasteiger partial charge in [-0.3, -0.25) is 9.78 Å². The number of nitrogens with one attached hydrogen (secondary N) is 2. The lowest BCUT2D eigenvalue weighted by atomic mass is 9.84. The van der Waals surface area contributed by atoms with Gasteiger partial charge in [-0.05, 0) is 31.2 Å². The van der Waals surface area contributed by atoms with Crippen molar-refractivity contribution in [2.45, 2.75) is 26.3 Å². The average molecular weight is 311 g/mol. The molecule has 0 saturated heterocycles. The highest BCUT2D eigenvalue weighted by Gasteiger charge is 2.28. The van der Waals surface area contributed by atoms with E-state index >= 15 is 0 Å². The molecule has 1 atom stereocenters. The Balaban J connectivity index is 1.95. The van der Waals surface area contributed by atoms with Crippen molar-refractivity contribution in [1.29, 1.82) is 0 Å². The lowest BCUT2D eigenvalue weighted by Gasteiger charge is -2.25. The topological polar surface area (TPSA) is 54.0 Å². The quantitative estimate of drug-likeness (QED) is 0.826. The molecule has 1 aromatic heterocycles. The second kappa shape index (κ2) is 7.88. The minimum absolute atomic E-state index is 0.00711. The summed E-state index contributed by atoms with van der Waals surface area (Å²) < 4.78 is 0. The predicted octanol–water partition coefficient (Wildman–Crippen LogP) is 2.73. The van der Waals surface area contributed by atoms with Crippen LogP contribution in [0.25, 0.3) is 0 Å². The molecule has 0 radical (unpaired) electrons. The van der Waals surface area contributed by atoms with Crippen LogP contribution in [0.15, 0.2) is 54.7 Å². The van der Waals surface area contributed by atoms with E-state index in [9.17, 15) is 4.79 Å². The first-order valence-corrected chi connectivity index (χ1v) is 7.93. The average Bonchev–Trinajstić information content (AvgIpc) is 2.56. The molecule has 0 aliphatic rings. The normalized spacial score (nSPS) is 12.7. The number of benzene rings is 1. The number of likely N-dealkylation sites (N-methyl/N-ethyl adjacent to an activating group) is 1. The van der Waals surface area contributed by atoms with Gasteiger partial charge in [-0.25, -0.2) is 0 Å². The summed E-state index contributed by atoms with van der Waals surface area (Å²) in [7, 11) is 1.88. The Morgan fingerprint density at radius 2 is 1.83 bits per heavy atom. The third kappa shape index (κ3) is 4.89. The van der Waals surface area contributed by atoms with E-state index in [4.69, 9.17) is 0 Å². The van der Waals surface area contributed by atoms with E-state index in [1.165, 1.54) is 5.56 Å². The number of aromatic nitrogens is 1. The minimum atomic E-state index is -0.455. The van der Waals surface area contributed by atoms with Crippen LogP contribution < -0.4 is 10.6 Å². The summed E-state index contributed by atoms with van der Waals surface area (Å²) in [5, 5.41) is 6.25. The van der Waals surface area contributed by atoms with Gasteiger partial charge >= 0.3 is 0 Å². The largest absolute Gasteiger partial charge is 0.354 e. The van der Waals surface area contributed by atoms with Crippen LogP contribution in [0.2, 0.25) is 0 Å². The van der Waals surface area contributed by atoms with Crippen LogP contribution in [0.3, 0.4) is 0 Å². The zero-order chi connectivity index (χ0) is 16.7. The Morgan fingerprint density at radius 3 is 2.43 bits per heavy atom. The lowest BCUT2D eigenvalue weighted by Crippen LogP contribution is -2.42. The minimum Gasteiger partial charge on any atom is -0.354 e.